The van der Waals surface area contributed by atoms with Gasteiger partial charge in [-0.2, -0.15) is 31.4 Å². The van der Waals surface area contributed by atoms with Gasteiger partial charge < -0.3 is 24.7 Å². The summed E-state index contributed by atoms with van der Waals surface area (Å²) < 4.78 is 69.4. The number of anilines is 1. The summed E-state index contributed by atoms with van der Waals surface area (Å²) in [5, 5.41) is 22.7. The van der Waals surface area contributed by atoms with E-state index in [9.17, 15) is 31.1 Å². The van der Waals surface area contributed by atoms with E-state index in [2.05, 4.69) is 20.1 Å². The number of hydrogen-bond donors (Lipinski definition) is 2. The molecule has 0 aliphatic carbocycles. The summed E-state index contributed by atoms with van der Waals surface area (Å²) >= 11 is 0. The molecule has 0 aromatic carbocycles. The highest BCUT2D eigenvalue weighted by molar-refractivity contribution is 5.92. The summed E-state index contributed by atoms with van der Waals surface area (Å²) in [6.07, 6.45) is -8.53. The fraction of sp³-hybridized carbons (Fsp3) is 0.429. The van der Waals surface area contributed by atoms with Gasteiger partial charge in [-0.3, -0.25) is 9.78 Å². The van der Waals surface area contributed by atoms with Gasteiger partial charge >= 0.3 is 24.3 Å². The lowest BCUT2D eigenvalue weighted by atomic mass is 10.1. The van der Waals surface area contributed by atoms with Gasteiger partial charge in [-0.1, -0.05) is 6.07 Å². The number of hydrogen-bond acceptors (Lipinski definition) is 8. The van der Waals surface area contributed by atoms with E-state index in [-0.39, 0.29) is 18.1 Å². The smallest absolute Gasteiger partial charge is 0.475 e. The van der Waals surface area contributed by atoms with Crippen molar-refractivity contribution in [2.24, 2.45) is 0 Å². The highest BCUT2D eigenvalue weighted by Crippen LogP contribution is 2.27. The molecule has 2 aliphatic heterocycles. The van der Waals surface area contributed by atoms with Gasteiger partial charge in [0.15, 0.2) is 5.82 Å². The first-order chi connectivity index (χ1) is 17.6. The fourth-order valence-electron chi connectivity index (χ4n) is 3.33. The number of carbonyl (C=O) groups is 3. The molecule has 2 aromatic heterocycles. The summed E-state index contributed by atoms with van der Waals surface area (Å²) in [5.41, 5.74) is 1.36. The molecule has 0 radical (unpaired) electrons. The number of aromatic nitrogens is 3. The number of alkyl halides is 6. The molecule has 11 nitrogen and oxygen atoms in total. The number of carbonyl (C=O) groups excluding carboxylic acids is 1. The molecule has 0 bridgehead atoms. The molecular weight excluding hydrogens is 532 g/mol. The van der Waals surface area contributed by atoms with Crippen molar-refractivity contribution >= 4 is 23.7 Å². The SMILES string of the molecule is Cc1ccc(N2CCO[C@H]3CN(C(=O)c4ccccn4)C[C@H]32)nn1.O=C(O)C(F)(F)F.O=C(O)C(F)(F)F. The summed E-state index contributed by atoms with van der Waals surface area (Å²) in [6.45, 7) is 4.49. The summed E-state index contributed by atoms with van der Waals surface area (Å²) in [5.74, 6) is -4.73. The van der Waals surface area contributed by atoms with Crippen molar-refractivity contribution in [3.05, 3.63) is 47.9 Å². The number of halogens is 6. The van der Waals surface area contributed by atoms with E-state index in [4.69, 9.17) is 24.5 Å². The number of nitrogens with zero attached hydrogens (tertiary/aromatic N) is 5. The van der Waals surface area contributed by atoms with Crippen LogP contribution in [0.1, 0.15) is 16.2 Å². The lowest BCUT2D eigenvalue weighted by Crippen LogP contribution is -2.51. The number of carboxylic acids is 2. The van der Waals surface area contributed by atoms with Crippen molar-refractivity contribution in [1.82, 2.24) is 20.1 Å². The summed E-state index contributed by atoms with van der Waals surface area (Å²) in [7, 11) is 0. The Morgan fingerprint density at radius 3 is 2.03 bits per heavy atom. The Morgan fingerprint density at radius 2 is 1.55 bits per heavy atom. The van der Waals surface area contributed by atoms with Crippen LogP contribution in [-0.2, 0) is 14.3 Å². The zero-order valence-corrected chi connectivity index (χ0v) is 19.5. The second-order valence-corrected chi connectivity index (χ2v) is 7.73. The zero-order chi connectivity index (χ0) is 28.7. The fourth-order valence-corrected chi connectivity index (χ4v) is 3.33. The standard InChI is InChI=1S/C17H19N5O2.2C2HF3O2/c1-12-5-6-16(20-19-12)22-8-9-24-15-11-21(10-14(15)22)17(23)13-4-2-3-7-18-13;2*3-2(4,5)1(6)7/h2-7,14-15H,8-11H2,1H3;2*(H,6,7)/t14-,15+;;/m1../s1. The van der Waals surface area contributed by atoms with Crippen molar-refractivity contribution in [1.29, 1.82) is 0 Å². The number of amides is 1. The summed E-state index contributed by atoms with van der Waals surface area (Å²) in [6, 6.07) is 9.42. The van der Waals surface area contributed by atoms with E-state index in [1.807, 2.05) is 30.0 Å². The molecule has 2 fully saturated rings. The molecule has 4 heterocycles. The van der Waals surface area contributed by atoms with Crippen LogP contribution in [0.2, 0.25) is 0 Å². The molecule has 2 atom stereocenters. The maximum absolute atomic E-state index is 12.6. The molecular formula is C21H21F6N5O6. The van der Waals surface area contributed by atoms with Crippen LogP contribution in [0.15, 0.2) is 36.5 Å². The van der Waals surface area contributed by atoms with Crippen LogP contribution in [0.5, 0.6) is 0 Å². The van der Waals surface area contributed by atoms with Crippen LogP contribution in [0.3, 0.4) is 0 Å². The number of morpholine rings is 1. The number of aliphatic carboxylic acids is 2. The molecule has 4 rings (SSSR count). The van der Waals surface area contributed by atoms with Gasteiger partial charge in [0.05, 0.1) is 24.4 Å². The minimum Gasteiger partial charge on any atom is -0.475 e. The van der Waals surface area contributed by atoms with Crippen LogP contribution in [0.25, 0.3) is 0 Å². The number of rotatable bonds is 2. The Balaban J connectivity index is 0.000000301. The summed E-state index contributed by atoms with van der Waals surface area (Å²) in [4.78, 5) is 38.6. The predicted molar refractivity (Wildman–Crippen MR) is 115 cm³/mol. The number of fused-ring (bicyclic) bond motifs is 1. The molecule has 208 valence electrons. The quantitative estimate of drug-likeness (QED) is 0.531. The molecule has 38 heavy (non-hydrogen) atoms. The lowest BCUT2D eigenvalue weighted by Gasteiger charge is -2.37. The second-order valence-electron chi connectivity index (χ2n) is 7.73. The number of aryl methyl sites for hydroxylation is 1. The maximum Gasteiger partial charge on any atom is 0.490 e. The van der Waals surface area contributed by atoms with E-state index in [0.29, 0.717) is 25.4 Å². The van der Waals surface area contributed by atoms with E-state index in [1.54, 1.807) is 18.3 Å². The van der Waals surface area contributed by atoms with Crippen molar-refractivity contribution in [2.75, 3.05) is 31.1 Å². The minimum absolute atomic E-state index is 0.00508. The third-order valence-corrected chi connectivity index (χ3v) is 5.04. The number of pyridine rings is 1. The van der Waals surface area contributed by atoms with Gasteiger partial charge in [-0.15, -0.1) is 5.10 Å². The van der Waals surface area contributed by atoms with Crippen molar-refractivity contribution in [3.63, 3.8) is 0 Å². The molecule has 0 unspecified atom stereocenters. The molecule has 2 aliphatic rings. The first-order valence-corrected chi connectivity index (χ1v) is 10.6. The van der Waals surface area contributed by atoms with E-state index in [1.165, 1.54) is 0 Å². The van der Waals surface area contributed by atoms with Gasteiger partial charge in [-0.25, -0.2) is 9.59 Å². The average molecular weight is 553 g/mol. The molecule has 1 amide bonds. The Kier molecular flexibility index (Phi) is 9.92. The monoisotopic (exact) mass is 553 g/mol. The lowest BCUT2D eigenvalue weighted by molar-refractivity contribution is -0.193. The first-order valence-electron chi connectivity index (χ1n) is 10.6. The highest BCUT2D eigenvalue weighted by Gasteiger charge is 2.43. The van der Waals surface area contributed by atoms with Gasteiger partial charge in [0.2, 0.25) is 0 Å². The number of carboxylic acid groups (broad SMARTS) is 2. The molecule has 2 N–H and O–H groups in total. The van der Waals surface area contributed by atoms with Crippen LogP contribution in [-0.4, -0.2) is 98.9 Å². The van der Waals surface area contributed by atoms with Crippen LogP contribution in [0, 0.1) is 6.92 Å². The molecule has 0 spiro atoms. The van der Waals surface area contributed by atoms with Gasteiger partial charge in [0.1, 0.15) is 5.69 Å². The third kappa shape index (κ3) is 8.53. The van der Waals surface area contributed by atoms with Crippen LogP contribution < -0.4 is 4.90 Å². The Labute approximate surface area is 210 Å². The van der Waals surface area contributed by atoms with Gasteiger partial charge in [0, 0.05) is 25.8 Å². The van der Waals surface area contributed by atoms with Crippen molar-refractivity contribution in [2.45, 2.75) is 31.4 Å². The van der Waals surface area contributed by atoms with E-state index < -0.39 is 24.3 Å². The predicted octanol–water partition coefficient (Wildman–Crippen LogP) is 2.18. The number of ether oxygens (including phenoxy) is 1. The highest BCUT2D eigenvalue weighted by atomic mass is 19.4. The average Bonchev–Trinajstić information content (AvgIpc) is 3.29. The van der Waals surface area contributed by atoms with E-state index in [0.717, 1.165) is 18.1 Å². The second kappa shape index (κ2) is 12.5. The Bertz CT molecular complexity index is 1080. The Hall–Kier alpha value is -4.02. The third-order valence-electron chi connectivity index (χ3n) is 5.04. The zero-order valence-electron chi connectivity index (χ0n) is 19.5. The van der Waals surface area contributed by atoms with Crippen LogP contribution in [0.4, 0.5) is 32.2 Å². The van der Waals surface area contributed by atoms with Crippen LogP contribution >= 0.6 is 0 Å². The minimum atomic E-state index is -5.08. The van der Waals surface area contributed by atoms with Crippen molar-refractivity contribution in [3.8, 4) is 0 Å². The number of likely N-dealkylation sites (tertiary alicyclic amines) is 1. The van der Waals surface area contributed by atoms with E-state index >= 15 is 0 Å². The molecule has 2 aromatic rings. The maximum atomic E-state index is 12.6. The van der Waals surface area contributed by atoms with Gasteiger partial charge in [-0.05, 0) is 31.2 Å². The topological polar surface area (TPSA) is 146 Å². The van der Waals surface area contributed by atoms with Crippen molar-refractivity contribution < 1.29 is 55.7 Å². The molecule has 0 saturated carbocycles. The first kappa shape index (κ1) is 30.2. The normalized spacial score (nSPS) is 18.8. The Morgan fingerprint density at radius 1 is 0.947 bits per heavy atom. The largest absolute Gasteiger partial charge is 0.490 e. The molecule has 17 heteroatoms. The van der Waals surface area contributed by atoms with Gasteiger partial charge in [0.25, 0.3) is 5.91 Å². The molecule has 2 saturated heterocycles.